The van der Waals surface area contributed by atoms with Gasteiger partial charge in [-0.3, -0.25) is 9.78 Å². The van der Waals surface area contributed by atoms with Crippen molar-refractivity contribution in [1.82, 2.24) is 15.0 Å². The molecule has 0 atom stereocenters. The predicted octanol–water partition coefficient (Wildman–Crippen LogP) is 3.68. The summed E-state index contributed by atoms with van der Waals surface area (Å²) in [4.78, 5) is 16.9. The zero-order valence-corrected chi connectivity index (χ0v) is 20.3. The highest BCUT2D eigenvalue weighted by molar-refractivity contribution is 7.89. The molecule has 2 N–H and O–H groups in total. The summed E-state index contributed by atoms with van der Waals surface area (Å²) in [6, 6.07) is 15.0. The second-order valence-corrected chi connectivity index (χ2v) is 9.56. The van der Waals surface area contributed by atoms with Crippen LogP contribution in [0.15, 0.2) is 71.9 Å². The van der Waals surface area contributed by atoms with E-state index in [-0.39, 0.29) is 23.4 Å². The van der Waals surface area contributed by atoms with Crippen LogP contribution in [0.5, 0.6) is 11.5 Å². The van der Waals surface area contributed by atoms with Crippen LogP contribution in [-0.4, -0.2) is 32.0 Å². The molecule has 2 aromatic carbocycles. The highest BCUT2D eigenvalue weighted by Gasteiger charge is 2.16. The zero-order chi connectivity index (χ0) is 24.6. The number of pyridine rings is 1. The largest absolute Gasteiger partial charge is 0.490 e. The first kappa shape index (κ1) is 25.2. The van der Waals surface area contributed by atoms with Gasteiger partial charge in [-0.05, 0) is 74.4 Å². The molecule has 0 bridgehead atoms. The summed E-state index contributed by atoms with van der Waals surface area (Å²) in [6.45, 7) is 6.31. The van der Waals surface area contributed by atoms with Crippen LogP contribution in [0.1, 0.15) is 42.3 Å². The molecule has 0 spiro atoms. The van der Waals surface area contributed by atoms with Crippen LogP contribution in [0.3, 0.4) is 0 Å². The van der Waals surface area contributed by atoms with E-state index in [1.54, 1.807) is 62.6 Å². The van der Waals surface area contributed by atoms with Crippen molar-refractivity contribution >= 4 is 15.9 Å². The number of benzene rings is 2. The number of rotatable bonds is 11. The number of hydrogen-bond acceptors (Lipinski definition) is 6. The summed E-state index contributed by atoms with van der Waals surface area (Å²) >= 11 is 0. The molecule has 0 radical (unpaired) electrons. The lowest BCUT2D eigenvalue weighted by Gasteiger charge is -2.14. The number of aromatic nitrogens is 1. The molecule has 0 fully saturated rings. The van der Waals surface area contributed by atoms with E-state index < -0.39 is 10.0 Å². The maximum absolute atomic E-state index is 12.7. The third-order valence-electron chi connectivity index (χ3n) is 4.70. The molecule has 1 amide bonds. The third kappa shape index (κ3) is 7.03. The smallest absolute Gasteiger partial charge is 0.251 e. The lowest BCUT2D eigenvalue weighted by molar-refractivity contribution is 0.0950. The number of nitrogens with zero attached hydrogens (tertiary/aromatic N) is 1. The summed E-state index contributed by atoms with van der Waals surface area (Å²) < 4.78 is 38.9. The number of hydrogen-bond donors (Lipinski definition) is 2. The molecule has 0 aliphatic rings. The molecule has 1 aromatic heterocycles. The second-order valence-electron chi connectivity index (χ2n) is 7.84. The first-order valence-corrected chi connectivity index (χ1v) is 12.4. The second kappa shape index (κ2) is 11.6. The number of carbonyl (C=O) groups is 1. The summed E-state index contributed by atoms with van der Waals surface area (Å²) in [6.07, 6.45) is 3.39. The van der Waals surface area contributed by atoms with Crippen LogP contribution >= 0.6 is 0 Å². The fourth-order valence-electron chi connectivity index (χ4n) is 3.16. The van der Waals surface area contributed by atoms with Gasteiger partial charge in [0.25, 0.3) is 5.91 Å². The molecule has 34 heavy (non-hydrogen) atoms. The Kier molecular flexibility index (Phi) is 8.61. The average molecular weight is 484 g/mol. The Labute approximate surface area is 200 Å². The number of nitrogens with one attached hydrogen (secondary N) is 2. The van der Waals surface area contributed by atoms with Crippen molar-refractivity contribution in [2.24, 2.45) is 0 Å². The molecule has 0 saturated carbocycles. The molecular weight excluding hydrogens is 454 g/mol. The maximum Gasteiger partial charge on any atom is 0.251 e. The number of sulfonamides is 1. The van der Waals surface area contributed by atoms with Crippen molar-refractivity contribution in [2.45, 2.75) is 44.9 Å². The van der Waals surface area contributed by atoms with Gasteiger partial charge < -0.3 is 14.8 Å². The lowest BCUT2D eigenvalue weighted by Crippen LogP contribution is -2.30. The van der Waals surface area contributed by atoms with Crippen molar-refractivity contribution in [1.29, 1.82) is 0 Å². The van der Waals surface area contributed by atoms with Crippen molar-refractivity contribution in [3.63, 3.8) is 0 Å². The Balaban J connectivity index is 1.68. The van der Waals surface area contributed by atoms with Gasteiger partial charge in [0.2, 0.25) is 10.0 Å². The monoisotopic (exact) mass is 483 g/mol. The van der Waals surface area contributed by atoms with Crippen molar-refractivity contribution < 1.29 is 22.7 Å². The van der Waals surface area contributed by atoms with Gasteiger partial charge in [-0.15, -0.1) is 0 Å². The van der Waals surface area contributed by atoms with Crippen LogP contribution in [0.25, 0.3) is 0 Å². The molecule has 0 aliphatic heterocycles. The molecule has 0 unspecified atom stereocenters. The Morgan fingerprint density at radius 1 is 0.971 bits per heavy atom. The fourth-order valence-corrected chi connectivity index (χ4v) is 4.48. The quantitative estimate of drug-likeness (QED) is 0.431. The molecule has 0 aliphatic carbocycles. The Bertz CT molecular complexity index is 1210. The van der Waals surface area contributed by atoms with E-state index in [0.29, 0.717) is 35.8 Å². The van der Waals surface area contributed by atoms with Gasteiger partial charge in [0.05, 0.1) is 11.5 Å². The molecular formula is C25H29N3O5S. The SMILES string of the molecule is CCOc1cc(C(=O)NCc2cccc(S(=O)(=O)NC(C)C)c2)ccc1OCc1ccncc1. The van der Waals surface area contributed by atoms with E-state index >= 15 is 0 Å². The van der Waals surface area contributed by atoms with E-state index in [4.69, 9.17) is 9.47 Å². The van der Waals surface area contributed by atoms with Crippen LogP contribution < -0.4 is 19.5 Å². The van der Waals surface area contributed by atoms with Crippen LogP contribution in [0.4, 0.5) is 0 Å². The van der Waals surface area contributed by atoms with Gasteiger partial charge in [-0.25, -0.2) is 13.1 Å². The summed E-state index contributed by atoms with van der Waals surface area (Å²) in [5.41, 5.74) is 2.04. The third-order valence-corrected chi connectivity index (χ3v) is 6.36. The molecule has 8 nitrogen and oxygen atoms in total. The molecule has 1 heterocycles. The van der Waals surface area contributed by atoms with Crippen molar-refractivity contribution in [3.8, 4) is 11.5 Å². The lowest BCUT2D eigenvalue weighted by atomic mass is 10.1. The predicted molar refractivity (Wildman–Crippen MR) is 129 cm³/mol. The minimum atomic E-state index is -3.61. The number of carbonyl (C=O) groups excluding carboxylic acids is 1. The minimum Gasteiger partial charge on any atom is -0.490 e. The Hall–Kier alpha value is -3.43. The highest BCUT2D eigenvalue weighted by atomic mass is 32.2. The molecule has 9 heteroatoms. The normalized spacial score (nSPS) is 11.3. The number of ether oxygens (including phenoxy) is 2. The van der Waals surface area contributed by atoms with E-state index in [9.17, 15) is 13.2 Å². The van der Waals surface area contributed by atoms with Gasteiger partial charge in [-0.2, -0.15) is 0 Å². The van der Waals surface area contributed by atoms with Gasteiger partial charge in [0.1, 0.15) is 6.61 Å². The fraction of sp³-hybridized carbons (Fsp3) is 0.280. The highest BCUT2D eigenvalue weighted by Crippen LogP contribution is 2.29. The van der Waals surface area contributed by atoms with E-state index in [1.165, 1.54) is 6.07 Å². The number of amides is 1. The van der Waals surface area contributed by atoms with E-state index in [1.807, 2.05) is 19.1 Å². The first-order valence-electron chi connectivity index (χ1n) is 11.0. The molecule has 3 rings (SSSR count). The van der Waals surface area contributed by atoms with Gasteiger partial charge in [0.15, 0.2) is 11.5 Å². The zero-order valence-electron chi connectivity index (χ0n) is 19.4. The van der Waals surface area contributed by atoms with Gasteiger partial charge in [-0.1, -0.05) is 12.1 Å². The van der Waals surface area contributed by atoms with Gasteiger partial charge in [0, 0.05) is 30.5 Å². The van der Waals surface area contributed by atoms with Crippen LogP contribution in [0.2, 0.25) is 0 Å². The molecule has 3 aromatic rings. The molecule has 180 valence electrons. The van der Waals surface area contributed by atoms with E-state index in [0.717, 1.165) is 5.56 Å². The summed E-state index contributed by atoms with van der Waals surface area (Å²) in [5, 5.41) is 2.82. The van der Waals surface area contributed by atoms with E-state index in [2.05, 4.69) is 15.0 Å². The average Bonchev–Trinajstić information content (AvgIpc) is 2.82. The van der Waals surface area contributed by atoms with Crippen molar-refractivity contribution in [3.05, 3.63) is 83.7 Å². The first-order chi connectivity index (χ1) is 16.3. The van der Waals surface area contributed by atoms with Crippen LogP contribution in [0, 0.1) is 0 Å². The Morgan fingerprint density at radius 2 is 1.74 bits per heavy atom. The maximum atomic E-state index is 12.7. The standard InChI is InChI=1S/C25H29N3O5S/c1-4-32-24-15-21(8-9-23(24)33-17-19-10-12-26-13-11-19)25(29)27-16-20-6-5-7-22(14-20)34(30,31)28-18(2)3/h5-15,18,28H,4,16-17H2,1-3H3,(H,27,29). The topological polar surface area (TPSA) is 107 Å². The Morgan fingerprint density at radius 3 is 2.44 bits per heavy atom. The summed E-state index contributed by atoms with van der Waals surface area (Å²) in [5.74, 6) is 0.693. The van der Waals surface area contributed by atoms with Crippen molar-refractivity contribution in [2.75, 3.05) is 6.61 Å². The minimum absolute atomic E-state index is 0.155. The van der Waals surface area contributed by atoms with Crippen LogP contribution in [-0.2, 0) is 23.2 Å². The molecule has 0 saturated heterocycles. The van der Waals surface area contributed by atoms with Gasteiger partial charge >= 0.3 is 0 Å². The summed E-state index contributed by atoms with van der Waals surface area (Å²) in [7, 11) is -3.61.